The Balaban J connectivity index is 1.74. The SMILES string of the molecule is O=C(C(Cl)=C(Cl)Cl)N1CCN(c2ncnc3sccc23)CC1. The standard InChI is InChI=1S/C13H11Cl3N4OS/c14-9(10(15)16)13(21)20-4-2-19(3-5-20)11-8-1-6-22-12(8)18-7-17-11/h1,6-7H,2-5H2. The number of carbonyl (C=O) groups is 1. The molecule has 0 aromatic carbocycles. The van der Waals surface area contributed by atoms with Crippen LogP contribution in [0.25, 0.3) is 10.2 Å². The van der Waals surface area contributed by atoms with Crippen LogP contribution in [0.2, 0.25) is 0 Å². The Morgan fingerprint density at radius 2 is 1.86 bits per heavy atom. The summed E-state index contributed by atoms with van der Waals surface area (Å²) in [5.74, 6) is 0.556. The van der Waals surface area contributed by atoms with Crippen molar-refractivity contribution in [2.24, 2.45) is 0 Å². The summed E-state index contributed by atoms with van der Waals surface area (Å²) >= 11 is 18.5. The van der Waals surface area contributed by atoms with E-state index < -0.39 is 0 Å². The molecule has 2 aromatic rings. The first-order chi connectivity index (χ1) is 10.6. The van der Waals surface area contributed by atoms with Gasteiger partial charge in [-0.1, -0.05) is 34.8 Å². The van der Waals surface area contributed by atoms with E-state index in [1.54, 1.807) is 22.6 Å². The zero-order chi connectivity index (χ0) is 15.7. The summed E-state index contributed by atoms with van der Waals surface area (Å²) in [5, 5.41) is 2.89. The third-order valence-corrected chi connectivity index (χ3v) is 5.20. The average Bonchev–Trinajstić information content (AvgIpc) is 3.02. The van der Waals surface area contributed by atoms with Crippen molar-refractivity contribution in [2.45, 2.75) is 0 Å². The van der Waals surface area contributed by atoms with Crippen LogP contribution in [-0.4, -0.2) is 47.0 Å². The lowest BCUT2D eigenvalue weighted by atomic mass is 10.2. The maximum atomic E-state index is 12.1. The topological polar surface area (TPSA) is 49.3 Å². The molecule has 5 nitrogen and oxygen atoms in total. The highest BCUT2D eigenvalue weighted by Crippen LogP contribution is 2.28. The van der Waals surface area contributed by atoms with Crippen molar-refractivity contribution in [3.05, 3.63) is 27.3 Å². The van der Waals surface area contributed by atoms with E-state index in [1.807, 2.05) is 11.4 Å². The summed E-state index contributed by atoms with van der Waals surface area (Å²) in [7, 11) is 0. The van der Waals surface area contributed by atoms with E-state index in [9.17, 15) is 4.79 Å². The van der Waals surface area contributed by atoms with Gasteiger partial charge in [-0.3, -0.25) is 4.79 Å². The highest BCUT2D eigenvalue weighted by atomic mass is 35.5. The van der Waals surface area contributed by atoms with Crippen LogP contribution in [-0.2, 0) is 4.79 Å². The van der Waals surface area contributed by atoms with Gasteiger partial charge in [0.25, 0.3) is 5.91 Å². The Morgan fingerprint density at radius 1 is 1.14 bits per heavy atom. The maximum Gasteiger partial charge on any atom is 0.267 e. The number of hydrogen-bond acceptors (Lipinski definition) is 5. The minimum absolute atomic E-state index is 0.140. The van der Waals surface area contributed by atoms with E-state index in [1.165, 1.54) is 0 Å². The predicted octanol–water partition coefficient (Wildman–Crippen LogP) is 3.23. The quantitative estimate of drug-likeness (QED) is 0.754. The molecule has 3 rings (SSSR count). The van der Waals surface area contributed by atoms with Gasteiger partial charge in [0.2, 0.25) is 0 Å². The Kier molecular flexibility index (Phi) is 4.73. The summed E-state index contributed by atoms with van der Waals surface area (Å²) in [5.41, 5.74) is 0. The van der Waals surface area contributed by atoms with Gasteiger partial charge in [-0.25, -0.2) is 9.97 Å². The van der Waals surface area contributed by atoms with Crippen LogP contribution in [0.15, 0.2) is 27.3 Å². The van der Waals surface area contributed by atoms with Crippen molar-refractivity contribution in [1.82, 2.24) is 14.9 Å². The summed E-state index contributed by atoms with van der Waals surface area (Å²) in [6.45, 7) is 2.40. The van der Waals surface area contributed by atoms with Crippen LogP contribution in [0, 0.1) is 0 Å². The monoisotopic (exact) mass is 376 g/mol. The van der Waals surface area contributed by atoms with E-state index in [0.29, 0.717) is 26.2 Å². The molecule has 0 unspecified atom stereocenters. The smallest absolute Gasteiger partial charge is 0.267 e. The second kappa shape index (κ2) is 6.58. The predicted molar refractivity (Wildman–Crippen MR) is 90.8 cm³/mol. The number of nitrogens with zero attached hydrogens (tertiary/aromatic N) is 4. The number of hydrogen-bond donors (Lipinski definition) is 0. The summed E-state index contributed by atoms with van der Waals surface area (Å²) in [6.07, 6.45) is 1.57. The van der Waals surface area contributed by atoms with Crippen molar-refractivity contribution >= 4 is 68.1 Å². The molecule has 3 heterocycles. The van der Waals surface area contributed by atoms with Gasteiger partial charge >= 0.3 is 0 Å². The maximum absolute atomic E-state index is 12.1. The molecule has 1 amide bonds. The molecule has 1 aliphatic rings. The van der Waals surface area contributed by atoms with Gasteiger partial charge in [0.15, 0.2) is 0 Å². The van der Waals surface area contributed by atoms with Gasteiger partial charge in [-0.05, 0) is 11.4 Å². The fourth-order valence-electron chi connectivity index (χ4n) is 2.37. The Hall–Kier alpha value is -1.08. The van der Waals surface area contributed by atoms with E-state index in [-0.39, 0.29) is 15.4 Å². The molecule has 0 radical (unpaired) electrons. The van der Waals surface area contributed by atoms with Crippen molar-refractivity contribution in [2.75, 3.05) is 31.1 Å². The average molecular weight is 378 g/mol. The molecule has 1 saturated heterocycles. The van der Waals surface area contributed by atoms with Crippen molar-refractivity contribution in [3.8, 4) is 0 Å². The van der Waals surface area contributed by atoms with E-state index >= 15 is 0 Å². The molecular formula is C13H11Cl3N4OS. The zero-order valence-electron chi connectivity index (χ0n) is 11.3. The molecule has 0 atom stereocenters. The third-order valence-electron chi connectivity index (χ3n) is 3.46. The lowest BCUT2D eigenvalue weighted by Crippen LogP contribution is -2.49. The highest BCUT2D eigenvalue weighted by Gasteiger charge is 2.25. The number of anilines is 1. The molecule has 0 bridgehead atoms. The van der Waals surface area contributed by atoms with Gasteiger partial charge in [0.1, 0.15) is 26.5 Å². The third kappa shape index (κ3) is 3.01. The number of thiophene rings is 1. The first-order valence-electron chi connectivity index (χ1n) is 6.51. The fraction of sp³-hybridized carbons (Fsp3) is 0.308. The molecule has 0 N–H and O–H groups in total. The van der Waals surface area contributed by atoms with Crippen LogP contribution in [0.1, 0.15) is 0 Å². The number of carbonyl (C=O) groups excluding carboxylic acids is 1. The van der Waals surface area contributed by atoms with Gasteiger partial charge < -0.3 is 9.80 Å². The molecule has 22 heavy (non-hydrogen) atoms. The van der Waals surface area contributed by atoms with E-state index in [0.717, 1.165) is 16.0 Å². The molecule has 116 valence electrons. The second-order valence-electron chi connectivity index (χ2n) is 4.69. The minimum atomic E-state index is -0.343. The highest BCUT2D eigenvalue weighted by molar-refractivity contribution is 7.16. The van der Waals surface area contributed by atoms with Gasteiger partial charge in [0.05, 0.1) is 5.39 Å². The molecule has 0 aliphatic carbocycles. The first-order valence-corrected chi connectivity index (χ1v) is 8.52. The van der Waals surface area contributed by atoms with Gasteiger partial charge in [-0.2, -0.15) is 0 Å². The normalized spacial score (nSPS) is 15.2. The number of piperazine rings is 1. The Bertz CT molecular complexity index is 736. The van der Waals surface area contributed by atoms with Gasteiger partial charge in [0, 0.05) is 26.2 Å². The van der Waals surface area contributed by atoms with Crippen molar-refractivity contribution < 1.29 is 4.79 Å². The van der Waals surface area contributed by atoms with Crippen LogP contribution >= 0.6 is 46.1 Å². The van der Waals surface area contributed by atoms with Crippen molar-refractivity contribution in [3.63, 3.8) is 0 Å². The van der Waals surface area contributed by atoms with Crippen LogP contribution in [0.4, 0.5) is 5.82 Å². The van der Waals surface area contributed by atoms with E-state index in [2.05, 4.69) is 14.9 Å². The molecule has 0 saturated carbocycles. The van der Waals surface area contributed by atoms with E-state index in [4.69, 9.17) is 34.8 Å². The number of halogens is 3. The summed E-state index contributed by atoms with van der Waals surface area (Å²) in [4.78, 5) is 25.4. The van der Waals surface area contributed by atoms with Crippen LogP contribution in [0.5, 0.6) is 0 Å². The molecular weight excluding hydrogens is 367 g/mol. The molecule has 0 spiro atoms. The Morgan fingerprint density at radius 3 is 2.55 bits per heavy atom. The molecule has 1 aliphatic heterocycles. The summed E-state index contributed by atoms with van der Waals surface area (Å²) in [6, 6.07) is 2.01. The minimum Gasteiger partial charge on any atom is -0.352 e. The fourth-order valence-corrected chi connectivity index (χ4v) is 3.38. The summed E-state index contributed by atoms with van der Waals surface area (Å²) < 4.78 is -0.204. The lowest BCUT2D eigenvalue weighted by Gasteiger charge is -2.35. The van der Waals surface area contributed by atoms with Gasteiger partial charge in [-0.15, -0.1) is 11.3 Å². The number of aromatic nitrogens is 2. The number of rotatable bonds is 2. The van der Waals surface area contributed by atoms with Crippen LogP contribution in [0.3, 0.4) is 0 Å². The second-order valence-corrected chi connectivity index (χ2v) is 6.91. The molecule has 2 aromatic heterocycles. The van der Waals surface area contributed by atoms with Crippen molar-refractivity contribution in [1.29, 1.82) is 0 Å². The number of amides is 1. The van der Waals surface area contributed by atoms with Crippen LogP contribution < -0.4 is 4.90 Å². The zero-order valence-corrected chi connectivity index (χ0v) is 14.4. The molecule has 9 heteroatoms. The first kappa shape index (κ1) is 15.8. The number of fused-ring (bicyclic) bond motifs is 1. The Labute approximate surface area is 146 Å². The lowest BCUT2D eigenvalue weighted by molar-refractivity contribution is -0.126. The largest absolute Gasteiger partial charge is 0.352 e. The molecule has 1 fully saturated rings.